The molecule has 16 heavy (non-hydrogen) atoms. The van der Waals surface area contributed by atoms with E-state index in [1.54, 1.807) is 0 Å². The molecule has 1 aliphatic heterocycles. The molecule has 0 aromatic carbocycles. The maximum absolute atomic E-state index is 3.71. The highest BCUT2D eigenvalue weighted by Gasteiger charge is 2.36. The second kappa shape index (κ2) is 5.50. The Bertz CT molecular complexity index is 215. The van der Waals surface area contributed by atoms with Gasteiger partial charge in [0.1, 0.15) is 0 Å². The smallest absolute Gasteiger partial charge is 0.0252 e. The maximum atomic E-state index is 3.71. The fraction of sp³-hybridized carbons (Fsp3) is 1.00. The molecule has 0 bridgehead atoms. The molecule has 1 N–H and O–H groups in total. The molecule has 0 radical (unpaired) electrons. The average Bonchev–Trinajstić information content (AvgIpc) is 2.59. The quantitative estimate of drug-likeness (QED) is 0.793. The van der Waals surface area contributed by atoms with Crippen LogP contribution in [0.1, 0.15) is 52.9 Å². The molecule has 0 aromatic heterocycles. The summed E-state index contributed by atoms with van der Waals surface area (Å²) in [7, 11) is 0. The molecule has 2 fully saturated rings. The first-order valence-corrected chi connectivity index (χ1v) is 7.21. The van der Waals surface area contributed by atoms with Gasteiger partial charge in [0.2, 0.25) is 0 Å². The van der Waals surface area contributed by atoms with Gasteiger partial charge in [-0.15, -0.1) is 0 Å². The molecule has 0 aromatic rings. The number of likely N-dealkylation sites (tertiary alicyclic amines) is 1. The summed E-state index contributed by atoms with van der Waals surface area (Å²) in [6.45, 7) is 9.51. The first kappa shape index (κ1) is 12.4. The van der Waals surface area contributed by atoms with E-state index in [1.165, 1.54) is 38.6 Å². The molecule has 1 aliphatic carbocycles. The fourth-order valence-electron chi connectivity index (χ4n) is 3.80. The Kier molecular flexibility index (Phi) is 4.26. The van der Waals surface area contributed by atoms with E-state index in [1.807, 2.05) is 0 Å². The van der Waals surface area contributed by atoms with Crippen LogP contribution in [-0.2, 0) is 0 Å². The van der Waals surface area contributed by atoms with Crippen LogP contribution in [0.15, 0.2) is 0 Å². The van der Waals surface area contributed by atoms with Crippen LogP contribution in [0.25, 0.3) is 0 Å². The van der Waals surface area contributed by atoms with E-state index in [0.29, 0.717) is 0 Å². The molecule has 94 valence electrons. The van der Waals surface area contributed by atoms with E-state index in [2.05, 4.69) is 31.0 Å². The van der Waals surface area contributed by atoms with Gasteiger partial charge in [-0.1, -0.05) is 26.7 Å². The Morgan fingerprint density at radius 1 is 1.19 bits per heavy atom. The molecule has 1 saturated carbocycles. The van der Waals surface area contributed by atoms with Crippen molar-refractivity contribution in [2.75, 3.05) is 13.1 Å². The third-order valence-electron chi connectivity index (χ3n) is 4.45. The van der Waals surface area contributed by atoms with Crippen LogP contribution < -0.4 is 5.32 Å². The van der Waals surface area contributed by atoms with Gasteiger partial charge >= 0.3 is 0 Å². The number of rotatable bonds is 3. The lowest BCUT2D eigenvalue weighted by Gasteiger charge is -2.40. The van der Waals surface area contributed by atoms with Crippen molar-refractivity contribution in [3.63, 3.8) is 0 Å². The predicted molar refractivity (Wildman–Crippen MR) is 69.7 cm³/mol. The minimum Gasteiger partial charge on any atom is -0.313 e. The SMILES string of the molecule is CCNC1CCCCC1N1CC(C)CC1C. The van der Waals surface area contributed by atoms with Crippen molar-refractivity contribution in [2.24, 2.45) is 5.92 Å². The number of nitrogens with zero attached hydrogens (tertiary/aromatic N) is 1. The molecule has 1 heterocycles. The highest BCUT2D eigenvalue weighted by Crippen LogP contribution is 2.31. The standard InChI is InChI=1S/C14H28N2/c1-4-15-13-7-5-6-8-14(13)16-10-11(2)9-12(16)3/h11-15H,4-10H2,1-3H3. The second-order valence-electron chi connectivity index (χ2n) is 5.90. The van der Waals surface area contributed by atoms with E-state index in [-0.39, 0.29) is 0 Å². The van der Waals surface area contributed by atoms with Crippen LogP contribution in [0.3, 0.4) is 0 Å². The molecular weight excluding hydrogens is 196 g/mol. The first-order chi connectivity index (χ1) is 7.72. The molecule has 1 saturated heterocycles. The minimum absolute atomic E-state index is 0.756. The molecule has 2 rings (SSSR count). The van der Waals surface area contributed by atoms with Gasteiger partial charge in [-0.2, -0.15) is 0 Å². The van der Waals surface area contributed by atoms with Crippen LogP contribution in [0.4, 0.5) is 0 Å². The summed E-state index contributed by atoms with van der Waals surface area (Å²) in [5, 5.41) is 3.71. The third-order valence-corrected chi connectivity index (χ3v) is 4.45. The lowest BCUT2D eigenvalue weighted by Crippen LogP contribution is -2.52. The van der Waals surface area contributed by atoms with Crippen LogP contribution in [-0.4, -0.2) is 36.1 Å². The lowest BCUT2D eigenvalue weighted by molar-refractivity contribution is 0.115. The van der Waals surface area contributed by atoms with E-state index >= 15 is 0 Å². The highest BCUT2D eigenvalue weighted by atomic mass is 15.2. The van der Waals surface area contributed by atoms with E-state index in [9.17, 15) is 0 Å². The molecule has 2 heteroatoms. The number of nitrogens with one attached hydrogen (secondary N) is 1. The molecule has 0 amide bonds. The Labute approximate surface area is 101 Å². The van der Waals surface area contributed by atoms with Crippen molar-refractivity contribution in [2.45, 2.75) is 71.0 Å². The zero-order valence-electron chi connectivity index (χ0n) is 11.2. The van der Waals surface area contributed by atoms with Gasteiger partial charge in [-0.05, 0) is 38.6 Å². The Morgan fingerprint density at radius 3 is 2.56 bits per heavy atom. The summed E-state index contributed by atoms with van der Waals surface area (Å²) in [6.07, 6.45) is 7.05. The molecular formula is C14H28N2. The Morgan fingerprint density at radius 2 is 1.94 bits per heavy atom. The predicted octanol–water partition coefficient (Wildman–Crippen LogP) is 2.64. The summed E-state index contributed by atoms with van der Waals surface area (Å²) in [4.78, 5) is 2.79. The zero-order chi connectivity index (χ0) is 11.5. The second-order valence-corrected chi connectivity index (χ2v) is 5.90. The third kappa shape index (κ3) is 2.60. The molecule has 2 nitrogen and oxygen atoms in total. The maximum Gasteiger partial charge on any atom is 0.0252 e. The fourth-order valence-corrected chi connectivity index (χ4v) is 3.80. The Balaban J connectivity index is 1.99. The molecule has 2 aliphatic rings. The van der Waals surface area contributed by atoms with Gasteiger partial charge in [0.05, 0.1) is 0 Å². The summed E-state index contributed by atoms with van der Waals surface area (Å²) in [5.74, 6) is 0.902. The van der Waals surface area contributed by atoms with Gasteiger partial charge in [-0.3, -0.25) is 4.90 Å². The van der Waals surface area contributed by atoms with Gasteiger partial charge in [0.15, 0.2) is 0 Å². The Hall–Kier alpha value is -0.0800. The monoisotopic (exact) mass is 224 g/mol. The zero-order valence-corrected chi connectivity index (χ0v) is 11.2. The minimum atomic E-state index is 0.756. The number of hydrogen-bond donors (Lipinski definition) is 1. The van der Waals surface area contributed by atoms with Crippen molar-refractivity contribution >= 4 is 0 Å². The summed E-state index contributed by atoms with van der Waals surface area (Å²) < 4.78 is 0. The summed E-state index contributed by atoms with van der Waals surface area (Å²) in [6, 6.07) is 2.37. The van der Waals surface area contributed by atoms with Gasteiger partial charge in [0.25, 0.3) is 0 Å². The van der Waals surface area contributed by atoms with Crippen LogP contribution in [0, 0.1) is 5.92 Å². The van der Waals surface area contributed by atoms with Crippen LogP contribution in [0.2, 0.25) is 0 Å². The van der Waals surface area contributed by atoms with Gasteiger partial charge in [0, 0.05) is 24.7 Å². The van der Waals surface area contributed by atoms with Crippen LogP contribution in [0.5, 0.6) is 0 Å². The molecule has 4 unspecified atom stereocenters. The topological polar surface area (TPSA) is 15.3 Å². The summed E-state index contributed by atoms with van der Waals surface area (Å²) in [5.41, 5.74) is 0. The normalized spacial score (nSPS) is 41.4. The van der Waals surface area contributed by atoms with Crippen molar-refractivity contribution in [1.82, 2.24) is 10.2 Å². The van der Waals surface area contributed by atoms with Gasteiger partial charge in [-0.25, -0.2) is 0 Å². The molecule has 0 spiro atoms. The number of hydrogen-bond acceptors (Lipinski definition) is 2. The number of likely N-dealkylation sites (N-methyl/N-ethyl adjacent to an activating group) is 1. The van der Waals surface area contributed by atoms with E-state index in [4.69, 9.17) is 0 Å². The van der Waals surface area contributed by atoms with Crippen LogP contribution >= 0.6 is 0 Å². The first-order valence-electron chi connectivity index (χ1n) is 7.21. The van der Waals surface area contributed by atoms with E-state index < -0.39 is 0 Å². The highest BCUT2D eigenvalue weighted by molar-refractivity contribution is 4.93. The van der Waals surface area contributed by atoms with Crippen molar-refractivity contribution < 1.29 is 0 Å². The van der Waals surface area contributed by atoms with Crippen molar-refractivity contribution in [3.8, 4) is 0 Å². The van der Waals surface area contributed by atoms with E-state index in [0.717, 1.165) is 30.6 Å². The van der Waals surface area contributed by atoms with Crippen molar-refractivity contribution in [3.05, 3.63) is 0 Å². The summed E-state index contributed by atoms with van der Waals surface area (Å²) >= 11 is 0. The van der Waals surface area contributed by atoms with Crippen molar-refractivity contribution in [1.29, 1.82) is 0 Å². The van der Waals surface area contributed by atoms with Gasteiger partial charge < -0.3 is 5.32 Å². The average molecular weight is 224 g/mol. The lowest BCUT2D eigenvalue weighted by atomic mass is 9.88. The largest absolute Gasteiger partial charge is 0.313 e. The molecule has 4 atom stereocenters.